The second-order valence-electron chi connectivity index (χ2n) is 6.52. The Hall–Kier alpha value is -2.96. The third kappa shape index (κ3) is 4.24. The molecule has 1 aliphatic heterocycles. The Morgan fingerprint density at radius 1 is 1.04 bits per heavy atom. The maximum Gasteiger partial charge on any atom is 0.274 e. The number of hydrogen-bond donors (Lipinski definition) is 1. The molecule has 1 N–H and O–H groups in total. The van der Waals surface area contributed by atoms with Gasteiger partial charge in [-0.1, -0.05) is 32.0 Å². The average molecular weight is 367 g/mol. The summed E-state index contributed by atoms with van der Waals surface area (Å²) < 4.78 is 0. The smallest absolute Gasteiger partial charge is 0.274 e. The fourth-order valence-corrected chi connectivity index (χ4v) is 3.24. The highest BCUT2D eigenvalue weighted by molar-refractivity contribution is 5.92. The molecule has 2 amide bonds. The van der Waals surface area contributed by atoms with Crippen LogP contribution in [-0.4, -0.2) is 58.5 Å². The molecule has 1 fully saturated rings. The van der Waals surface area contributed by atoms with E-state index in [4.69, 9.17) is 0 Å². The predicted molar refractivity (Wildman–Crippen MR) is 104 cm³/mol. The number of aromatic nitrogens is 2. The number of benzene rings is 1. The summed E-state index contributed by atoms with van der Waals surface area (Å²) >= 11 is 0. The largest absolute Gasteiger partial charge is 0.342 e. The molecule has 1 aromatic carbocycles. The highest BCUT2D eigenvalue weighted by Gasteiger charge is 2.22. The molecule has 2 aromatic rings. The van der Waals surface area contributed by atoms with Gasteiger partial charge in [0.2, 0.25) is 6.41 Å². The number of nitrogens with one attached hydrogen (secondary N) is 1. The van der Waals surface area contributed by atoms with E-state index in [2.05, 4.69) is 47.6 Å². The van der Waals surface area contributed by atoms with Crippen molar-refractivity contribution in [1.29, 1.82) is 0 Å². The first-order chi connectivity index (χ1) is 13.2. The SMILES string of the molecule is CCc1cccc(CC)c1Nc1ccc(C(=O)N2CCN(C=O)CC2)nn1. The van der Waals surface area contributed by atoms with Crippen LogP contribution in [0, 0.1) is 0 Å². The Labute approximate surface area is 159 Å². The number of piperazine rings is 1. The van der Waals surface area contributed by atoms with Gasteiger partial charge in [0.25, 0.3) is 5.91 Å². The van der Waals surface area contributed by atoms with E-state index in [9.17, 15) is 9.59 Å². The Kier molecular flexibility index (Phi) is 6.01. The van der Waals surface area contributed by atoms with Crippen LogP contribution in [0.3, 0.4) is 0 Å². The number of para-hydroxylation sites is 1. The van der Waals surface area contributed by atoms with E-state index in [1.807, 2.05) is 0 Å². The van der Waals surface area contributed by atoms with Crippen molar-refractivity contribution < 1.29 is 9.59 Å². The summed E-state index contributed by atoms with van der Waals surface area (Å²) in [6, 6.07) is 9.76. The van der Waals surface area contributed by atoms with Gasteiger partial charge in [0.15, 0.2) is 11.5 Å². The van der Waals surface area contributed by atoms with Gasteiger partial charge >= 0.3 is 0 Å². The van der Waals surface area contributed by atoms with Crippen molar-refractivity contribution in [3.63, 3.8) is 0 Å². The first kappa shape index (κ1) is 18.8. The Balaban J connectivity index is 1.71. The summed E-state index contributed by atoms with van der Waals surface area (Å²) in [6.07, 6.45) is 2.67. The van der Waals surface area contributed by atoms with Gasteiger partial charge in [0.1, 0.15) is 0 Å². The first-order valence-corrected chi connectivity index (χ1v) is 9.36. The third-order valence-corrected chi connectivity index (χ3v) is 4.89. The molecule has 2 heterocycles. The number of carbonyl (C=O) groups excluding carboxylic acids is 2. The van der Waals surface area contributed by atoms with Gasteiger partial charge in [-0.2, -0.15) is 0 Å². The minimum atomic E-state index is -0.150. The summed E-state index contributed by atoms with van der Waals surface area (Å²) in [7, 11) is 0. The molecule has 1 aromatic heterocycles. The van der Waals surface area contributed by atoms with Crippen molar-refractivity contribution in [2.45, 2.75) is 26.7 Å². The minimum absolute atomic E-state index is 0.150. The normalized spacial score (nSPS) is 14.1. The van der Waals surface area contributed by atoms with E-state index in [1.54, 1.807) is 21.9 Å². The third-order valence-electron chi connectivity index (χ3n) is 4.89. The van der Waals surface area contributed by atoms with Crippen molar-refractivity contribution in [3.8, 4) is 0 Å². The highest BCUT2D eigenvalue weighted by Crippen LogP contribution is 2.25. The molecule has 27 heavy (non-hydrogen) atoms. The lowest BCUT2D eigenvalue weighted by Crippen LogP contribution is -2.48. The first-order valence-electron chi connectivity index (χ1n) is 9.36. The minimum Gasteiger partial charge on any atom is -0.342 e. The summed E-state index contributed by atoms with van der Waals surface area (Å²) in [5.41, 5.74) is 3.84. The number of nitrogens with zero attached hydrogens (tertiary/aromatic N) is 4. The van der Waals surface area contributed by atoms with Crippen LogP contribution < -0.4 is 5.32 Å². The molecule has 0 radical (unpaired) electrons. The lowest BCUT2D eigenvalue weighted by Gasteiger charge is -2.32. The second kappa shape index (κ2) is 8.62. The van der Waals surface area contributed by atoms with Gasteiger partial charge in [-0.15, -0.1) is 10.2 Å². The molecule has 142 valence electrons. The maximum atomic E-state index is 12.6. The van der Waals surface area contributed by atoms with E-state index in [0.717, 1.165) is 24.9 Å². The van der Waals surface area contributed by atoms with E-state index in [1.165, 1.54) is 11.1 Å². The number of rotatable bonds is 6. The van der Waals surface area contributed by atoms with Gasteiger partial charge in [-0.3, -0.25) is 9.59 Å². The quantitative estimate of drug-likeness (QED) is 0.793. The van der Waals surface area contributed by atoms with Gasteiger partial charge in [-0.05, 0) is 36.1 Å². The van der Waals surface area contributed by atoms with Crippen molar-refractivity contribution in [1.82, 2.24) is 20.0 Å². The van der Waals surface area contributed by atoms with Crippen LogP contribution in [-0.2, 0) is 17.6 Å². The van der Waals surface area contributed by atoms with Gasteiger partial charge in [0.05, 0.1) is 0 Å². The standard InChI is InChI=1S/C20H25N5O2/c1-3-15-6-5-7-16(4-2)19(15)21-18-9-8-17(22-23-18)20(27)25-12-10-24(14-26)11-13-25/h5-9,14H,3-4,10-13H2,1-2H3,(H,21,23). The van der Waals surface area contributed by atoms with Gasteiger partial charge in [-0.25, -0.2) is 0 Å². The molecular formula is C20H25N5O2. The average Bonchev–Trinajstić information content (AvgIpc) is 2.74. The van der Waals surface area contributed by atoms with E-state index >= 15 is 0 Å². The lowest BCUT2D eigenvalue weighted by atomic mass is 10.0. The topological polar surface area (TPSA) is 78.4 Å². The molecule has 0 atom stereocenters. The number of anilines is 2. The molecular weight excluding hydrogens is 342 g/mol. The molecule has 7 nitrogen and oxygen atoms in total. The van der Waals surface area contributed by atoms with Crippen LogP contribution in [0.4, 0.5) is 11.5 Å². The number of hydrogen-bond acceptors (Lipinski definition) is 5. The van der Waals surface area contributed by atoms with Crippen LogP contribution in [0.15, 0.2) is 30.3 Å². The van der Waals surface area contributed by atoms with Crippen LogP contribution >= 0.6 is 0 Å². The molecule has 0 unspecified atom stereocenters. The molecule has 0 spiro atoms. The Morgan fingerprint density at radius 3 is 2.22 bits per heavy atom. The zero-order valence-electron chi connectivity index (χ0n) is 15.8. The molecule has 0 bridgehead atoms. The van der Waals surface area contributed by atoms with Crippen LogP contribution in [0.2, 0.25) is 0 Å². The van der Waals surface area contributed by atoms with Crippen molar-refractivity contribution in [3.05, 3.63) is 47.2 Å². The second-order valence-corrected chi connectivity index (χ2v) is 6.52. The lowest BCUT2D eigenvalue weighted by molar-refractivity contribution is -0.119. The monoisotopic (exact) mass is 367 g/mol. The maximum absolute atomic E-state index is 12.6. The molecule has 1 aliphatic rings. The van der Waals surface area contributed by atoms with E-state index in [0.29, 0.717) is 37.7 Å². The number of aryl methyl sites for hydroxylation is 2. The van der Waals surface area contributed by atoms with Crippen LogP contribution in [0.1, 0.15) is 35.5 Å². The molecule has 3 rings (SSSR count). The molecule has 0 saturated carbocycles. The number of carbonyl (C=O) groups is 2. The summed E-state index contributed by atoms with van der Waals surface area (Å²) in [5.74, 6) is 0.468. The number of amides is 2. The van der Waals surface area contributed by atoms with Crippen molar-refractivity contribution >= 4 is 23.8 Å². The van der Waals surface area contributed by atoms with E-state index < -0.39 is 0 Å². The van der Waals surface area contributed by atoms with Crippen molar-refractivity contribution in [2.24, 2.45) is 0 Å². The Morgan fingerprint density at radius 2 is 1.70 bits per heavy atom. The summed E-state index contributed by atoms with van der Waals surface area (Å²) in [4.78, 5) is 26.7. The zero-order valence-corrected chi connectivity index (χ0v) is 15.8. The van der Waals surface area contributed by atoms with Crippen molar-refractivity contribution in [2.75, 3.05) is 31.5 Å². The fraction of sp³-hybridized carbons (Fsp3) is 0.400. The highest BCUT2D eigenvalue weighted by atomic mass is 16.2. The molecule has 1 saturated heterocycles. The molecule has 0 aliphatic carbocycles. The Bertz CT molecular complexity index is 776. The van der Waals surface area contributed by atoms with Crippen LogP contribution in [0.5, 0.6) is 0 Å². The van der Waals surface area contributed by atoms with Gasteiger partial charge in [0, 0.05) is 31.9 Å². The fourth-order valence-electron chi connectivity index (χ4n) is 3.24. The van der Waals surface area contributed by atoms with Crippen LogP contribution in [0.25, 0.3) is 0 Å². The zero-order chi connectivity index (χ0) is 19.2. The molecule has 7 heteroatoms. The predicted octanol–water partition coefficient (Wildman–Crippen LogP) is 2.26. The van der Waals surface area contributed by atoms with E-state index in [-0.39, 0.29) is 5.91 Å². The summed E-state index contributed by atoms with van der Waals surface area (Å²) in [6.45, 7) is 6.38. The summed E-state index contributed by atoms with van der Waals surface area (Å²) in [5, 5.41) is 11.7. The van der Waals surface area contributed by atoms with Gasteiger partial charge < -0.3 is 15.1 Å².